The van der Waals surface area contributed by atoms with Gasteiger partial charge < -0.3 is 14.7 Å². The summed E-state index contributed by atoms with van der Waals surface area (Å²) in [6, 6.07) is 7.18. The number of nitrogens with one attached hydrogen (secondary N) is 2. The van der Waals surface area contributed by atoms with Crippen molar-refractivity contribution in [1.29, 1.82) is 0 Å². The zero-order valence-electron chi connectivity index (χ0n) is 17.8. The first-order valence-corrected chi connectivity index (χ1v) is 12.6. The highest BCUT2D eigenvalue weighted by molar-refractivity contribution is 7.89. The van der Waals surface area contributed by atoms with Gasteiger partial charge in [-0.25, -0.2) is 8.42 Å². The highest BCUT2D eigenvalue weighted by atomic mass is 32.2. The minimum absolute atomic E-state index is 0.00718. The van der Waals surface area contributed by atoms with Crippen LogP contribution in [0.15, 0.2) is 41.5 Å². The first kappa shape index (κ1) is 21.4. The lowest BCUT2D eigenvalue weighted by Crippen LogP contribution is -2.25. The Bertz CT molecular complexity index is 1300. The van der Waals surface area contributed by atoms with Crippen molar-refractivity contribution in [3.05, 3.63) is 58.1 Å². The van der Waals surface area contributed by atoms with E-state index in [1.54, 1.807) is 35.0 Å². The van der Waals surface area contributed by atoms with Gasteiger partial charge in [-0.3, -0.25) is 9.59 Å². The molecule has 2 aromatic heterocycles. The van der Waals surface area contributed by atoms with Crippen LogP contribution in [0.2, 0.25) is 0 Å². The highest BCUT2D eigenvalue weighted by Gasteiger charge is 2.23. The van der Waals surface area contributed by atoms with E-state index in [1.165, 1.54) is 12.7 Å². The molecule has 8 heteroatoms. The van der Waals surface area contributed by atoms with Crippen LogP contribution in [0.25, 0.3) is 16.8 Å². The van der Waals surface area contributed by atoms with Crippen LogP contribution in [0, 0.1) is 12.8 Å². The Morgan fingerprint density at radius 3 is 2.65 bits per heavy atom. The maximum atomic E-state index is 12.9. The highest BCUT2D eigenvalue weighted by Crippen LogP contribution is 2.33. The zero-order chi connectivity index (χ0) is 22.2. The number of nitrogens with zero attached hydrogens (tertiary/aromatic N) is 1. The molecule has 0 radical (unpaired) electrons. The van der Waals surface area contributed by atoms with Gasteiger partial charge in [-0.1, -0.05) is 25.3 Å². The standard InChI is InChI=1S/C23H27N3O4S/c1-15-12-20(26-11-10-24-23(28)21(15)26)18-13-16(14-31(2,29)30)8-9-19(18)25-22(27)17-6-4-3-5-7-17/h8-13,17H,3-7,14H2,1-2H3,(H,24,28)(H,25,27). The number of aryl methyl sites for hydroxylation is 1. The molecule has 0 spiro atoms. The molecular formula is C23H27N3O4S. The first-order valence-electron chi connectivity index (χ1n) is 10.5. The fourth-order valence-electron chi connectivity index (χ4n) is 4.46. The van der Waals surface area contributed by atoms with E-state index < -0.39 is 9.84 Å². The monoisotopic (exact) mass is 441 g/mol. The zero-order valence-corrected chi connectivity index (χ0v) is 18.6. The number of fused-ring (bicyclic) bond motifs is 1. The molecule has 1 aliphatic rings. The van der Waals surface area contributed by atoms with Crippen LogP contribution in [0.4, 0.5) is 5.69 Å². The molecule has 31 heavy (non-hydrogen) atoms. The van der Waals surface area contributed by atoms with Crippen molar-refractivity contribution in [2.45, 2.75) is 44.8 Å². The van der Waals surface area contributed by atoms with Gasteiger partial charge in [0, 0.05) is 30.1 Å². The first-order chi connectivity index (χ1) is 14.7. The molecule has 1 aliphatic carbocycles. The molecule has 7 nitrogen and oxygen atoms in total. The van der Waals surface area contributed by atoms with Gasteiger partial charge in [-0.05, 0) is 49.1 Å². The van der Waals surface area contributed by atoms with E-state index in [4.69, 9.17) is 0 Å². The summed E-state index contributed by atoms with van der Waals surface area (Å²) in [4.78, 5) is 27.9. The van der Waals surface area contributed by atoms with Crippen molar-refractivity contribution < 1.29 is 13.2 Å². The average molecular weight is 442 g/mol. The van der Waals surface area contributed by atoms with E-state index >= 15 is 0 Å². The molecule has 1 amide bonds. The topological polar surface area (TPSA) is 101 Å². The third-order valence-electron chi connectivity index (χ3n) is 5.90. The van der Waals surface area contributed by atoms with Crippen molar-refractivity contribution in [1.82, 2.24) is 9.38 Å². The second kappa shape index (κ2) is 8.34. The van der Waals surface area contributed by atoms with Crippen LogP contribution < -0.4 is 10.9 Å². The summed E-state index contributed by atoms with van der Waals surface area (Å²) < 4.78 is 25.5. The van der Waals surface area contributed by atoms with Gasteiger partial charge in [0.25, 0.3) is 5.56 Å². The minimum Gasteiger partial charge on any atom is -0.326 e. The van der Waals surface area contributed by atoms with Crippen LogP contribution >= 0.6 is 0 Å². The largest absolute Gasteiger partial charge is 0.326 e. The number of carbonyl (C=O) groups is 1. The van der Waals surface area contributed by atoms with E-state index in [0.29, 0.717) is 22.3 Å². The SMILES string of the molecule is Cc1cc(-c2cc(CS(C)(=O)=O)ccc2NC(=O)C2CCCCC2)n2cc[nH]c(=O)c12. The summed E-state index contributed by atoms with van der Waals surface area (Å²) in [5.41, 5.74) is 3.79. The quantitative estimate of drug-likeness (QED) is 0.631. The Kier molecular flexibility index (Phi) is 5.75. The third kappa shape index (κ3) is 4.58. The number of rotatable bonds is 5. The fourth-order valence-corrected chi connectivity index (χ4v) is 5.25. The van der Waals surface area contributed by atoms with Gasteiger partial charge in [0.1, 0.15) is 5.52 Å². The Balaban J connectivity index is 1.82. The summed E-state index contributed by atoms with van der Waals surface area (Å²) in [6.07, 6.45) is 9.58. The van der Waals surface area contributed by atoms with Gasteiger partial charge >= 0.3 is 0 Å². The normalized spacial score (nSPS) is 15.3. The molecule has 3 aromatic rings. The predicted molar refractivity (Wildman–Crippen MR) is 122 cm³/mol. The van der Waals surface area contributed by atoms with Gasteiger partial charge in [-0.2, -0.15) is 0 Å². The van der Waals surface area contributed by atoms with Crippen LogP contribution in [0.3, 0.4) is 0 Å². The Labute approximate surface area is 181 Å². The number of sulfone groups is 1. The molecule has 4 rings (SSSR count). The molecule has 0 atom stereocenters. The van der Waals surface area contributed by atoms with E-state index in [2.05, 4.69) is 10.3 Å². The predicted octanol–water partition coefficient (Wildman–Crippen LogP) is 3.67. The van der Waals surface area contributed by atoms with Gasteiger partial charge in [0.2, 0.25) is 5.91 Å². The van der Waals surface area contributed by atoms with E-state index in [-0.39, 0.29) is 23.1 Å². The summed E-state index contributed by atoms with van der Waals surface area (Å²) >= 11 is 0. The third-order valence-corrected chi connectivity index (χ3v) is 6.76. The number of hydrogen-bond acceptors (Lipinski definition) is 4. The van der Waals surface area contributed by atoms with Crippen molar-refractivity contribution in [3.63, 3.8) is 0 Å². The van der Waals surface area contributed by atoms with Crippen LogP contribution in [-0.4, -0.2) is 30.0 Å². The van der Waals surface area contributed by atoms with E-state index in [0.717, 1.165) is 36.9 Å². The van der Waals surface area contributed by atoms with Crippen molar-refractivity contribution in [3.8, 4) is 11.3 Å². The summed E-state index contributed by atoms with van der Waals surface area (Å²) in [5, 5.41) is 3.07. The number of benzene rings is 1. The smallest absolute Gasteiger partial charge is 0.272 e. The van der Waals surface area contributed by atoms with Crippen LogP contribution in [-0.2, 0) is 20.4 Å². The second-order valence-corrected chi connectivity index (χ2v) is 10.6. The molecule has 0 saturated heterocycles. The number of aromatic amines is 1. The van der Waals surface area contributed by atoms with E-state index in [9.17, 15) is 18.0 Å². The molecule has 1 fully saturated rings. The Morgan fingerprint density at radius 1 is 1.19 bits per heavy atom. The number of H-pyrrole nitrogens is 1. The summed E-state index contributed by atoms with van der Waals surface area (Å²) in [7, 11) is -3.22. The molecule has 2 N–H and O–H groups in total. The Morgan fingerprint density at radius 2 is 1.94 bits per heavy atom. The molecule has 1 saturated carbocycles. The van der Waals surface area contributed by atoms with Gasteiger partial charge in [0.15, 0.2) is 9.84 Å². The Hall–Kier alpha value is -2.87. The number of carbonyl (C=O) groups excluding carboxylic acids is 1. The van der Waals surface area contributed by atoms with Crippen molar-refractivity contribution >= 4 is 26.9 Å². The maximum absolute atomic E-state index is 12.9. The summed E-state index contributed by atoms with van der Waals surface area (Å²) in [6.45, 7) is 1.86. The number of amides is 1. The lowest BCUT2D eigenvalue weighted by Gasteiger charge is -2.22. The number of anilines is 1. The van der Waals surface area contributed by atoms with Crippen LogP contribution in [0.5, 0.6) is 0 Å². The molecule has 0 bridgehead atoms. The summed E-state index contributed by atoms with van der Waals surface area (Å²) in [5.74, 6) is -0.113. The van der Waals surface area contributed by atoms with Crippen LogP contribution in [0.1, 0.15) is 43.2 Å². The van der Waals surface area contributed by atoms with Crippen molar-refractivity contribution in [2.75, 3.05) is 11.6 Å². The fraction of sp³-hybridized carbons (Fsp3) is 0.391. The minimum atomic E-state index is -3.22. The second-order valence-electron chi connectivity index (χ2n) is 8.49. The van der Waals surface area contributed by atoms with Gasteiger partial charge in [-0.15, -0.1) is 0 Å². The molecule has 2 heterocycles. The van der Waals surface area contributed by atoms with Crippen molar-refractivity contribution in [2.24, 2.45) is 5.92 Å². The maximum Gasteiger partial charge on any atom is 0.272 e. The number of aromatic nitrogens is 2. The average Bonchev–Trinajstić information content (AvgIpc) is 3.06. The lowest BCUT2D eigenvalue weighted by molar-refractivity contribution is -0.120. The molecular weight excluding hydrogens is 414 g/mol. The molecule has 0 unspecified atom stereocenters. The molecule has 1 aromatic carbocycles. The van der Waals surface area contributed by atoms with E-state index in [1.807, 2.05) is 13.0 Å². The van der Waals surface area contributed by atoms with Gasteiger partial charge in [0.05, 0.1) is 17.1 Å². The molecule has 0 aliphatic heterocycles. The number of hydrogen-bond donors (Lipinski definition) is 2. The lowest BCUT2D eigenvalue weighted by atomic mass is 9.88. The molecule has 164 valence electrons.